The molecular formula is C22H25ClN2O5. The average Bonchev–Trinajstić information content (AvgIpc) is 3.39. The van der Waals surface area contributed by atoms with Gasteiger partial charge in [-0.2, -0.15) is 0 Å². The van der Waals surface area contributed by atoms with Gasteiger partial charge in [-0.25, -0.2) is 0 Å². The number of pyridine rings is 1. The first-order valence-electron chi connectivity index (χ1n) is 10.3. The number of aliphatic hydroxyl groups excluding tert-OH is 1. The van der Waals surface area contributed by atoms with Gasteiger partial charge < -0.3 is 19.7 Å². The molecule has 0 bridgehead atoms. The maximum atomic E-state index is 12.5. The number of fused-ring (bicyclic) bond motifs is 7. The van der Waals surface area contributed by atoms with Crippen molar-refractivity contribution in [3.63, 3.8) is 0 Å². The van der Waals surface area contributed by atoms with Crippen LogP contribution in [-0.2, 0) is 4.74 Å². The first-order chi connectivity index (χ1) is 14.4. The first-order valence-corrected chi connectivity index (χ1v) is 10.7. The molecular weight excluding hydrogens is 408 g/mol. The zero-order valence-corrected chi connectivity index (χ0v) is 17.6. The van der Waals surface area contributed by atoms with Gasteiger partial charge in [0.2, 0.25) is 0 Å². The van der Waals surface area contributed by atoms with E-state index in [9.17, 15) is 15.0 Å². The van der Waals surface area contributed by atoms with Gasteiger partial charge in [-0.05, 0) is 43.4 Å². The third kappa shape index (κ3) is 3.03. The zero-order chi connectivity index (χ0) is 21.0. The highest BCUT2D eigenvalue weighted by Gasteiger charge is 2.57. The van der Waals surface area contributed by atoms with E-state index in [-0.39, 0.29) is 17.1 Å². The molecule has 2 fully saturated rings. The Labute approximate surface area is 179 Å². The van der Waals surface area contributed by atoms with Crippen molar-refractivity contribution >= 4 is 11.6 Å². The molecule has 0 unspecified atom stereocenters. The maximum absolute atomic E-state index is 12.5. The SMILES string of the molecule is COCCCOc1cc2c(cc1Cl)-c1cc(=O)c(C(O)O)cn1N1[C@@H]2CCC12CC2. The topological polar surface area (TPSA) is 84.2 Å². The number of halogens is 1. The number of hydrogen-bond donors (Lipinski definition) is 2. The minimum absolute atomic E-state index is 0.0205. The molecule has 1 aliphatic carbocycles. The monoisotopic (exact) mass is 432 g/mol. The van der Waals surface area contributed by atoms with E-state index in [1.807, 2.05) is 16.8 Å². The molecule has 3 heterocycles. The number of aliphatic hydroxyl groups is 2. The summed E-state index contributed by atoms with van der Waals surface area (Å²) in [4.78, 5) is 12.5. The minimum atomic E-state index is -1.81. The molecule has 0 radical (unpaired) electrons. The largest absolute Gasteiger partial charge is 0.492 e. The van der Waals surface area contributed by atoms with Crippen molar-refractivity contribution in [3.05, 3.63) is 50.8 Å². The van der Waals surface area contributed by atoms with E-state index in [2.05, 4.69) is 5.01 Å². The zero-order valence-electron chi connectivity index (χ0n) is 16.8. The lowest BCUT2D eigenvalue weighted by molar-refractivity contribution is -0.0437. The van der Waals surface area contributed by atoms with Crippen molar-refractivity contribution in [1.29, 1.82) is 0 Å². The number of rotatable bonds is 6. The molecule has 160 valence electrons. The molecule has 1 aromatic carbocycles. The lowest BCUT2D eigenvalue weighted by Crippen LogP contribution is -2.46. The maximum Gasteiger partial charge on any atom is 0.190 e. The third-order valence-corrected chi connectivity index (χ3v) is 6.85. The fourth-order valence-corrected chi connectivity index (χ4v) is 5.15. The van der Waals surface area contributed by atoms with Crippen LogP contribution in [0.25, 0.3) is 11.3 Å². The molecule has 1 atom stereocenters. The van der Waals surface area contributed by atoms with E-state index in [1.54, 1.807) is 13.3 Å². The van der Waals surface area contributed by atoms with Crippen molar-refractivity contribution in [3.8, 4) is 17.0 Å². The Morgan fingerprint density at radius 2 is 2.03 bits per heavy atom. The number of methoxy groups -OCH3 is 1. The molecule has 2 aliphatic heterocycles. The summed E-state index contributed by atoms with van der Waals surface area (Å²) in [7, 11) is 1.66. The normalized spacial score (nSPS) is 20.3. The number of aromatic nitrogens is 1. The number of benzene rings is 1. The smallest absolute Gasteiger partial charge is 0.190 e. The summed E-state index contributed by atoms with van der Waals surface area (Å²) >= 11 is 6.54. The van der Waals surface area contributed by atoms with E-state index in [0.29, 0.717) is 24.0 Å². The van der Waals surface area contributed by atoms with Crippen LogP contribution in [0.15, 0.2) is 29.2 Å². The van der Waals surface area contributed by atoms with Gasteiger partial charge in [-0.3, -0.25) is 14.5 Å². The summed E-state index contributed by atoms with van der Waals surface area (Å²) in [5, 5.41) is 22.1. The van der Waals surface area contributed by atoms with Crippen molar-refractivity contribution in [2.24, 2.45) is 0 Å². The van der Waals surface area contributed by atoms with Gasteiger partial charge in [-0.1, -0.05) is 11.6 Å². The highest BCUT2D eigenvalue weighted by Crippen LogP contribution is 2.58. The molecule has 3 aliphatic rings. The van der Waals surface area contributed by atoms with Crippen LogP contribution in [0.4, 0.5) is 0 Å². The van der Waals surface area contributed by atoms with E-state index < -0.39 is 11.7 Å². The van der Waals surface area contributed by atoms with E-state index >= 15 is 0 Å². The second-order valence-corrected chi connectivity index (χ2v) is 8.79. The lowest BCUT2D eigenvalue weighted by Gasteiger charge is -2.41. The quantitative estimate of drug-likeness (QED) is 0.539. The Kier molecular flexibility index (Phi) is 4.82. The summed E-state index contributed by atoms with van der Waals surface area (Å²) in [5.74, 6) is 0.640. The predicted octanol–water partition coefficient (Wildman–Crippen LogP) is 2.89. The van der Waals surface area contributed by atoms with Gasteiger partial charge in [0.1, 0.15) is 5.75 Å². The van der Waals surface area contributed by atoms with Crippen molar-refractivity contribution in [2.75, 3.05) is 25.3 Å². The Morgan fingerprint density at radius 1 is 1.23 bits per heavy atom. The summed E-state index contributed by atoms with van der Waals surface area (Å²) in [6.07, 6.45) is 4.77. The molecule has 2 N–H and O–H groups in total. The van der Waals surface area contributed by atoms with E-state index in [4.69, 9.17) is 21.1 Å². The van der Waals surface area contributed by atoms with Crippen LogP contribution in [-0.4, -0.2) is 40.8 Å². The highest BCUT2D eigenvalue weighted by atomic mass is 35.5. The van der Waals surface area contributed by atoms with Crippen LogP contribution in [0.5, 0.6) is 5.75 Å². The molecule has 2 aromatic rings. The van der Waals surface area contributed by atoms with Gasteiger partial charge in [-0.15, -0.1) is 0 Å². The number of hydrogen-bond acceptors (Lipinski definition) is 6. The van der Waals surface area contributed by atoms with E-state index in [0.717, 1.165) is 48.9 Å². The predicted molar refractivity (Wildman–Crippen MR) is 112 cm³/mol. The van der Waals surface area contributed by atoms with Crippen LogP contribution in [0.1, 0.15) is 55.6 Å². The summed E-state index contributed by atoms with van der Waals surface area (Å²) in [6, 6.07) is 5.47. The van der Waals surface area contributed by atoms with Gasteiger partial charge >= 0.3 is 0 Å². The van der Waals surface area contributed by atoms with Gasteiger partial charge in [0, 0.05) is 38.0 Å². The summed E-state index contributed by atoms with van der Waals surface area (Å²) in [5.41, 5.74) is 2.36. The van der Waals surface area contributed by atoms with Crippen LogP contribution < -0.4 is 15.2 Å². The van der Waals surface area contributed by atoms with Gasteiger partial charge in [0.15, 0.2) is 11.7 Å². The van der Waals surface area contributed by atoms with Gasteiger partial charge in [0.25, 0.3) is 0 Å². The Bertz CT molecular complexity index is 1050. The van der Waals surface area contributed by atoms with Gasteiger partial charge in [0.05, 0.1) is 34.5 Å². The number of nitrogens with zero attached hydrogens (tertiary/aromatic N) is 2. The number of ether oxygens (including phenoxy) is 2. The Balaban J connectivity index is 1.63. The third-order valence-electron chi connectivity index (χ3n) is 6.55. The molecule has 1 spiro atoms. The molecule has 1 saturated heterocycles. The molecule has 1 saturated carbocycles. The highest BCUT2D eigenvalue weighted by molar-refractivity contribution is 6.32. The van der Waals surface area contributed by atoms with Crippen LogP contribution >= 0.6 is 11.6 Å². The fraction of sp³-hybridized carbons (Fsp3) is 0.500. The molecule has 30 heavy (non-hydrogen) atoms. The molecule has 7 nitrogen and oxygen atoms in total. The second-order valence-electron chi connectivity index (χ2n) is 8.38. The first kappa shape index (κ1) is 19.9. The molecule has 5 rings (SSSR count). The summed E-state index contributed by atoms with van der Waals surface area (Å²) < 4.78 is 12.9. The van der Waals surface area contributed by atoms with Crippen LogP contribution in [0, 0.1) is 0 Å². The minimum Gasteiger partial charge on any atom is -0.492 e. The fourth-order valence-electron chi connectivity index (χ4n) is 4.94. The van der Waals surface area contributed by atoms with Crippen molar-refractivity contribution < 1.29 is 19.7 Å². The van der Waals surface area contributed by atoms with Crippen LogP contribution in [0.2, 0.25) is 5.02 Å². The lowest BCUT2D eigenvalue weighted by atomic mass is 9.94. The molecule has 0 amide bonds. The van der Waals surface area contributed by atoms with Crippen molar-refractivity contribution in [1.82, 2.24) is 4.68 Å². The summed E-state index contributed by atoms with van der Waals surface area (Å²) in [6.45, 7) is 1.13. The average molecular weight is 433 g/mol. The van der Waals surface area contributed by atoms with E-state index in [1.165, 1.54) is 6.07 Å². The Hall–Kier alpha value is -2.06. The second kappa shape index (κ2) is 7.27. The van der Waals surface area contributed by atoms with Crippen LogP contribution in [0.3, 0.4) is 0 Å². The molecule has 1 aromatic heterocycles. The molecule has 8 heteroatoms. The standard InChI is InChI=1S/C22H25ClN2O5/c1-29-7-2-8-30-20-10-14-13(9-16(20)23)18-11-19(26)15(21(27)28)12-24(18)25-17(14)3-4-22(25)5-6-22/h9-12,17,21,27-28H,2-8H2,1H3/t17-/m1/s1. The van der Waals surface area contributed by atoms with Crippen molar-refractivity contribution in [2.45, 2.75) is 50.0 Å². The Morgan fingerprint density at radius 3 is 2.73 bits per heavy atom.